The van der Waals surface area contributed by atoms with E-state index in [2.05, 4.69) is 5.32 Å². The van der Waals surface area contributed by atoms with Gasteiger partial charge in [-0.3, -0.25) is 9.59 Å². The number of carbonyl (C=O) groups is 2. The summed E-state index contributed by atoms with van der Waals surface area (Å²) in [5.41, 5.74) is -0.182. The minimum atomic E-state index is -0.908. The second-order valence-corrected chi connectivity index (χ2v) is 5.64. The molecule has 0 saturated heterocycles. The molecule has 0 unspecified atom stereocenters. The van der Waals surface area contributed by atoms with E-state index < -0.39 is 5.60 Å². The molecule has 1 aliphatic heterocycles. The number of carbonyl (C=O) groups excluding carboxylic acids is 2. The van der Waals surface area contributed by atoms with Crippen LogP contribution in [0.15, 0.2) is 24.3 Å². The molecule has 1 aromatic carbocycles. The Balaban J connectivity index is 2.13. The van der Waals surface area contributed by atoms with E-state index in [0.717, 1.165) is 12.1 Å². The standard InChI is InChI=1S/C16H22N2O3/c1-4-10-17-14(19)9-11-18-12-7-5-6-8-13(12)21-16(2,3)15(18)20/h5-8H,4,9-11H2,1-3H3,(H,17,19). The van der Waals surface area contributed by atoms with Gasteiger partial charge >= 0.3 is 0 Å². The summed E-state index contributed by atoms with van der Waals surface area (Å²) in [6.07, 6.45) is 1.19. The van der Waals surface area contributed by atoms with Gasteiger partial charge in [0.1, 0.15) is 5.75 Å². The Morgan fingerprint density at radius 3 is 2.76 bits per heavy atom. The summed E-state index contributed by atoms with van der Waals surface area (Å²) < 4.78 is 5.74. The third kappa shape index (κ3) is 3.35. The maximum Gasteiger partial charge on any atom is 0.270 e. The molecule has 0 atom stereocenters. The first-order chi connectivity index (χ1) is 9.95. The number of rotatable bonds is 5. The number of para-hydroxylation sites is 2. The Labute approximate surface area is 125 Å². The Morgan fingerprint density at radius 1 is 1.33 bits per heavy atom. The number of hydrogen-bond donors (Lipinski definition) is 1. The Bertz CT molecular complexity index is 540. The van der Waals surface area contributed by atoms with Crippen molar-refractivity contribution in [3.8, 4) is 5.75 Å². The lowest BCUT2D eigenvalue weighted by Gasteiger charge is -2.38. The molecular formula is C16H22N2O3. The average molecular weight is 290 g/mol. The van der Waals surface area contributed by atoms with Crippen molar-refractivity contribution in [1.82, 2.24) is 5.32 Å². The number of ether oxygens (including phenoxy) is 1. The molecule has 1 N–H and O–H groups in total. The maximum absolute atomic E-state index is 12.5. The van der Waals surface area contributed by atoms with Crippen LogP contribution >= 0.6 is 0 Å². The van der Waals surface area contributed by atoms with E-state index in [1.165, 1.54) is 0 Å². The molecule has 0 aromatic heterocycles. The van der Waals surface area contributed by atoms with Crippen LogP contribution in [0, 0.1) is 0 Å². The van der Waals surface area contributed by atoms with Crippen LogP contribution in [-0.4, -0.2) is 30.5 Å². The van der Waals surface area contributed by atoms with Crippen molar-refractivity contribution in [2.45, 2.75) is 39.2 Å². The van der Waals surface area contributed by atoms with E-state index in [9.17, 15) is 9.59 Å². The topological polar surface area (TPSA) is 58.6 Å². The number of nitrogens with zero attached hydrogens (tertiary/aromatic N) is 1. The maximum atomic E-state index is 12.5. The molecule has 0 bridgehead atoms. The lowest BCUT2D eigenvalue weighted by Crippen LogP contribution is -2.53. The second-order valence-electron chi connectivity index (χ2n) is 5.64. The van der Waals surface area contributed by atoms with Crippen molar-refractivity contribution >= 4 is 17.5 Å². The molecule has 2 rings (SSSR count). The van der Waals surface area contributed by atoms with Crippen LogP contribution in [0.4, 0.5) is 5.69 Å². The first kappa shape index (κ1) is 15.4. The van der Waals surface area contributed by atoms with E-state index in [-0.39, 0.29) is 18.2 Å². The first-order valence-corrected chi connectivity index (χ1v) is 7.32. The van der Waals surface area contributed by atoms with Gasteiger partial charge in [0.2, 0.25) is 5.91 Å². The van der Waals surface area contributed by atoms with Gasteiger partial charge in [-0.05, 0) is 32.4 Å². The molecule has 5 heteroatoms. The molecule has 0 saturated carbocycles. The highest BCUT2D eigenvalue weighted by Gasteiger charge is 2.40. The molecule has 0 fully saturated rings. The predicted molar refractivity (Wildman–Crippen MR) is 81.4 cm³/mol. The summed E-state index contributed by atoms with van der Waals surface area (Å²) in [7, 11) is 0. The van der Waals surface area contributed by atoms with Gasteiger partial charge in [-0.25, -0.2) is 0 Å². The van der Waals surface area contributed by atoms with Crippen LogP contribution in [0.1, 0.15) is 33.6 Å². The molecule has 1 aliphatic rings. The van der Waals surface area contributed by atoms with Gasteiger partial charge in [-0.15, -0.1) is 0 Å². The first-order valence-electron chi connectivity index (χ1n) is 7.32. The van der Waals surface area contributed by atoms with Gasteiger partial charge in [0.25, 0.3) is 5.91 Å². The Hall–Kier alpha value is -2.04. The lowest BCUT2D eigenvalue weighted by molar-refractivity contribution is -0.132. The molecule has 0 spiro atoms. The fourth-order valence-corrected chi connectivity index (χ4v) is 2.31. The van der Waals surface area contributed by atoms with Crippen LogP contribution < -0.4 is 15.0 Å². The monoisotopic (exact) mass is 290 g/mol. The van der Waals surface area contributed by atoms with Gasteiger partial charge in [-0.2, -0.15) is 0 Å². The molecule has 1 aromatic rings. The van der Waals surface area contributed by atoms with E-state index in [1.54, 1.807) is 18.7 Å². The Kier molecular flexibility index (Phi) is 4.50. The minimum Gasteiger partial charge on any atom is -0.476 e. The van der Waals surface area contributed by atoms with Crippen LogP contribution in [0.5, 0.6) is 5.75 Å². The highest BCUT2D eigenvalue weighted by Crippen LogP contribution is 2.37. The van der Waals surface area contributed by atoms with E-state index in [1.807, 2.05) is 31.2 Å². The predicted octanol–water partition coefficient (Wildman–Crippen LogP) is 2.11. The summed E-state index contributed by atoms with van der Waals surface area (Å²) in [5, 5.41) is 2.82. The number of nitrogens with one attached hydrogen (secondary N) is 1. The summed E-state index contributed by atoms with van der Waals surface area (Å²) >= 11 is 0. The fraction of sp³-hybridized carbons (Fsp3) is 0.500. The molecule has 2 amide bonds. The van der Waals surface area contributed by atoms with Crippen molar-refractivity contribution in [2.24, 2.45) is 0 Å². The van der Waals surface area contributed by atoms with Crippen molar-refractivity contribution in [3.05, 3.63) is 24.3 Å². The number of fused-ring (bicyclic) bond motifs is 1. The van der Waals surface area contributed by atoms with E-state index in [4.69, 9.17) is 4.74 Å². The molecule has 1 heterocycles. The van der Waals surface area contributed by atoms with Crippen molar-refractivity contribution in [2.75, 3.05) is 18.0 Å². The van der Waals surface area contributed by atoms with E-state index in [0.29, 0.717) is 18.8 Å². The van der Waals surface area contributed by atoms with E-state index >= 15 is 0 Å². The average Bonchev–Trinajstić information content (AvgIpc) is 2.45. The SMILES string of the molecule is CCCNC(=O)CCN1C(=O)C(C)(C)Oc2ccccc21. The third-order valence-corrected chi connectivity index (χ3v) is 3.42. The van der Waals surface area contributed by atoms with Crippen LogP contribution in [-0.2, 0) is 9.59 Å². The highest BCUT2D eigenvalue weighted by atomic mass is 16.5. The largest absolute Gasteiger partial charge is 0.476 e. The van der Waals surface area contributed by atoms with Gasteiger partial charge in [-0.1, -0.05) is 19.1 Å². The zero-order valence-corrected chi connectivity index (χ0v) is 12.8. The van der Waals surface area contributed by atoms with Gasteiger partial charge in [0.15, 0.2) is 5.60 Å². The zero-order valence-electron chi connectivity index (χ0n) is 12.8. The van der Waals surface area contributed by atoms with Gasteiger partial charge < -0.3 is 15.0 Å². The second kappa shape index (κ2) is 6.16. The van der Waals surface area contributed by atoms with Crippen molar-refractivity contribution < 1.29 is 14.3 Å². The number of hydrogen-bond acceptors (Lipinski definition) is 3. The highest BCUT2D eigenvalue weighted by molar-refractivity contribution is 6.02. The smallest absolute Gasteiger partial charge is 0.270 e. The van der Waals surface area contributed by atoms with Crippen LogP contribution in [0.2, 0.25) is 0 Å². The van der Waals surface area contributed by atoms with Gasteiger partial charge in [0.05, 0.1) is 5.69 Å². The fourth-order valence-electron chi connectivity index (χ4n) is 2.31. The molecule has 21 heavy (non-hydrogen) atoms. The van der Waals surface area contributed by atoms with Crippen molar-refractivity contribution in [3.63, 3.8) is 0 Å². The molecule has 114 valence electrons. The summed E-state index contributed by atoms with van der Waals surface area (Å²) in [5.74, 6) is 0.520. The minimum absolute atomic E-state index is 0.0357. The zero-order chi connectivity index (χ0) is 15.5. The van der Waals surface area contributed by atoms with Crippen LogP contribution in [0.25, 0.3) is 0 Å². The normalized spacial score (nSPS) is 16.1. The summed E-state index contributed by atoms with van der Waals surface area (Å²) in [6.45, 7) is 6.52. The number of anilines is 1. The van der Waals surface area contributed by atoms with Crippen molar-refractivity contribution in [1.29, 1.82) is 0 Å². The number of amides is 2. The molecule has 0 radical (unpaired) electrons. The van der Waals surface area contributed by atoms with Gasteiger partial charge in [0, 0.05) is 19.5 Å². The Morgan fingerprint density at radius 2 is 2.05 bits per heavy atom. The molecular weight excluding hydrogens is 268 g/mol. The lowest BCUT2D eigenvalue weighted by atomic mass is 10.0. The summed E-state index contributed by atoms with van der Waals surface area (Å²) in [6, 6.07) is 7.41. The van der Waals surface area contributed by atoms with Crippen LogP contribution in [0.3, 0.4) is 0 Å². The molecule has 5 nitrogen and oxygen atoms in total. The molecule has 0 aliphatic carbocycles. The third-order valence-electron chi connectivity index (χ3n) is 3.42. The number of benzene rings is 1. The quantitative estimate of drug-likeness (QED) is 0.903. The summed E-state index contributed by atoms with van der Waals surface area (Å²) in [4.78, 5) is 25.9.